The molecule has 14 heteroatoms. The Morgan fingerprint density at radius 1 is 1.24 bits per heavy atom. The van der Waals surface area contributed by atoms with Crippen LogP contribution in [0.2, 0.25) is 0 Å². The Morgan fingerprint density at radius 2 is 1.94 bits per heavy atom. The zero-order valence-electron chi connectivity index (χ0n) is 20.3. The van der Waals surface area contributed by atoms with Crippen molar-refractivity contribution in [2.24, 2.45) is 0 Å². The number of nitrogens with one attached hydrogen (secondary N) is 1. The number of rotatable bonds is 13. The molecule has 0 aliphatic heterocycles. The summed E-state index contributed by atoms with van der Waals surface area (Å²) in [6, 6.07) is 0. The minimum atomic E-state index is -3.86. The van der Waals surface area contributed by atoms with Gasteiger partial charge in [-0.2, -0.15) is 0 Å². The first-order valence-corrected chi connectivity index (χ1v) is 12.6. The van der Waals surface area contributed by atoms with Crippen molar-refractivity contribution in [1.29, 1.82) is 0 Å². The minimum Gasteiger partial charge on any atom is -0.465 e. The van der Waals surface area contributed by atoms with E-state index in [4.69, 9.17) is 24.5 Å². The number of ether oxygens (including phenoxy) is 3. The number of esters is 2. The number of hydrogen-bond donors (Lipinski definition) is 2. The average molecular weight is 500 g/mol. The molecule has 2 heterocycles. The fourth-order valence-electron chi connectivity index (χ4n) is 2.93. The first-order chi connectivity index (χ1) is 15.9. The molecule has 0 unspecified atom stereocenters. The van der Waals surface area contributed by atoms with Crippen LogP contribution >= 0.6 is 7.52 Å². The molecule has 0 saturated carbocycles. The molecule has 13 nitrogen and oxygen atoms in total. The van der Waals surface area contributed by atoms with Gasteiger partial charge in [0.1, 0.15) is 23.7 Å². The summed E-state index contributed by atoms with van der Waals surface area (Å²) in [6.07, 6.45) is 1.63. The third-order valence-electron chi connectivity index (χ3n) is 4.41. The van der Waals surface area contributed by atoms with Gasteiger partial charge in [0.25, 0.3) is 7.52 Å². The smallest absolute Gasteiger partial charge is 0.332 e. The fraction of sp³-hybridized carbons (Fsp3) is 0.650. The number of nitrogens with two attached hydrogens (primary N) is 1. The van der Waals surface area contributed by atoms with Crippen LogP contribution in [0.3, 0.4) is 0 Å². The highest BCUT2D eigenvalue weighted by atomic mass is 31.2. The second-order valence-electron chi connectivity index (χ2n) is 8.38. The summed E-state index contributed by atoms with van der Waals surface area (Å²) in [7, 11) is -3.86. The maximum Gasteiger partial charge on any atom is 0.332 e. The van der Waals surface area contributed by atoms with Crippen LogP contribution in [0.1, 0.15) is 41.5 Å². The van der Waals surface area contributed by atoms with Gasteiger partial charge in [-0.15, -0.1) is 0 Å². The molecule has 0 aromatic carbocycles. The van der Waals surface area contributed by atoms with E-state index in [1.54, 1.807) is 38.6 Å². The SMILES string of the molecule is CCOC(=O)C(C)(C)N[P@](=O)(CO[C@H](C)Cn1cnc2c(N)ncnc21)OCC(=O)OC(C)C. The van der Waals surface area contributed by atoms with Crippen LogP contribution in [0, 0.1) is 0 Å². The Balaban J connectivity index is 2.11. The van der Waals surface area contributed by atoms with Crippen molar-refractivity contribution in [2.45, 2.75) is 65.8 Å². The Bertz CT molecular complexity index is 1040. The summed E-state index contributed by atoms with van der Waals surface area (Å²) in [5.74, 6) is -1.06. The number of carbonyl (C=O) groups excluding carboxylic acids is 2. The predicted octanol–water partition coefficient (Wildman–Crippen LogP) is 1.86. The average Bonchev–Trinajstić information content (AvgIpc) is 3.14. The van der Waals surface area contributed by atoms with Crippen molar-refractivity contribution in [3.05, 3.63) is 12.7 Å². The minimum absolute atomic E-state index is 0.149. The van der Waals surface area contributed by atoms with Crippen LogP contribution in [0.25, 0.3) is 11.2 Å². The quantitative estimate of drug-likeness (QED) is 0.303. The number of anilines is 1. The maximum atomic E-state index is 13.6. The van der Waals surface area contributed by atoms with E-state index >= 15 is 0 Å². The molecule has 2 aromatic rings. The van der Waals surface area contributed by atoms with E-state index in [0.717, 1.165) is 0 Å². The number of aromatic nitrogens is 4. The summed E-state index contributed by atoms with van der Waals surface area (Å²) in [6.45, 7) is 9.66. The van der Waals surface area contributed by atoms with Gasteiger partial charge in [-0.1, -0.05) is 0 Å². The number of fused-ring (bicyclic) bond motifs is 1. The largest absolute Gasteiger partial charge is 0.465 e. The molecule has 34 heavy (non-hydrogen) atoms. The van der Waals surface area contributed by atoms with Gasteiger partial charge < -0.3 is 29.0 Å². The molecule has 3 N–H and O–H groups in total. The van der Waals surface area contributed by atoms with E-state index < -0.39 is 44.1 Å². The summed E-state index contributed by atoms with van der Waals surface area (Å²) in [5, 5.41) is 2.68. The highest BCUT2D eigenvalue weighted by Crippen LogP contribution is 2.45. The van der Waals surface area contributed by atoms with Crippen molar-refractivity contribution in [1.82, 2.24) is 24.6 Å². The molecule has 2 atom stereocenters. The lowest BCUT2D eigenvalue weighted by Gasteiger charge is -2.30. The number of imidazole rings is 1. The molecule has 0 radical (unpaired) electrons. The van der Waals surface area contributed by atoms with Gasteiger partial charge in [-0.25, -0.2) is 24.8 Å². The molecular formula is C20H33N6O7P. The van der Waals surface area contributed by atoms with Gasteiger partial charge in [0.2, 0.25) is 0 Å². The summed E-state index contributed by atoms with van der Waals surface area (Å²) in [4.78, 5) is 36.5. The molecular weight excluding hydrogens is 467 g/mol. The van der Waals surface area contributed by atoms with E-state index in [1.165, 1.54) is 20.2 Å². The van der Waals surface area contributed by atoms with Crippen molar-refractivity contribution in [3.63, 3.8) is 0 Å². The zero-order chi connectivity index (χ0) is 25.5. The molecule has 0 spiro atoms. The van der Waals surface area contributed by atoms with Crippen LogP contribution in [0.15, 0.2) is 12.7 Å². The van der Waals surface area contributed by atoms with E-state index in [2.05, 4.69) is 20.0 Å². The van der Waals surface area contributed by atoms with E-state index in [-0.39, 0.29) is 18.5 Å². The van der Waals surface area contributed by atoms with Crippen LogP contribution < -0.4 is 10.8 Å². The van der Waals surface area contributed by atoms with Gasteiger partial charge in [0.15, 0.2) is 18.1 Å². The Hall–Kier alpha value is -2.60. The van der Waals surface area contributed by atoms with E-state index in [0.29, 0.717) is 17.7 Å². The van der Waals surface area contributed by atoms with E-state index in [1.807, 2.05) is 0 Å². The topological polar surface area (TPSA) is 170 Å². The Kier molecular flexibility index (Phi) is 9.51. The fourth-order valence-corrected chi connectivity index (χ4v) is 4.84. The number of hydrogen-bond acceptors (Lipinski definition) is 11. The van der Waals surface area contributed by atoms with Crippen molar-refractivity contribution >= 4 is 36.4 Å². The molecule has 0 saturated heterocycles. The second-order valence-corrected chi connectivity index (χ2v) is 10.5. The van der Waals surface area contributed by atoms with Gasteiger partial charge >= 0.3 is 11.9 Å². The molecule has 190 valence electrons. The number of carbonyl (C=O) groups is 2. The van der Waals surface area contributed by atoms with Gasteiger partial charge in [-0.3, -0.25) is 9.36 Å². The summed E-state index contributed by atoms with van der Waals surface area (Å²) in [5.41, 5.74) is 5.44. The third-order valence-corrected chi connectivity index (χ3v) is 6.34. The van der Waals surface area contributed by atoms with Crippen LogP contribution in [-0.4, -0.2) is 68.8 Å². The number of nitrogen functional groups attached to an aromatic ring is 1. The molecule has 0 bridgehead atoms. The summed E-state index contributed by atoms with van der Waals surface area (Å²) < 4.78 is 36.5. The van der Waals surface area contributed by atoms with Crippen LogP contribution in [0.5, 0.6) is 0 Å². The van der Waals surface area contributed by atoms with Gasteiger partial charge in [0.05, 0.1) is 31.7 Å². The van der Waals surface area contributed by atoms with Gasteiger partial charge in [-0.05, 0) is 41.5 Å². The lowest BCUT2D eigenvalue weighted by Crippen LogP contribution is -2.47. The zero-order valence-corrected chi connectivity index (χ0v) is 21.2. The van der Waals surface area contributed by atoms with Gasteiger partial charge in [0, 0.05) is 0 Å². The Morgan fingerprint density at radius 3 is 2.59 bits per heavy atom. The lowest BCUT2D eigenvalue weighted by atomic mass is 10.1. The predicted molar refractivity (Wildman–Crippen MR) is 124 cm³/mol. The second kappa shape index (κ2) is 11.7. The molecule has 0 aliphatic carbocycles. The van der Waals surface area contributed by atoms with E-state index in [9.17, 15) is 14.2 Å². The molecule has 2 aromatic heterocycles. The first kappa shape index (κ1) is 27.6. The van der Waals surface area contributed by atoms with Crippen LogP contribution in [-0.2, 0) is 39.4 Å². The maximum absolute atomic E-state index is 13.6. The molecule has 0 fully saturated rings. The lowest BCUT2D eigenvalue weighted by molar-refractivity contribution is -0.149. The normalized spacial score (nSPS) is 14.7. The van der Waals surface area contributed by atoms with Crippen LogP contribution in [0.4, 0.5) is 5.82 Å². The monoisotopic (exact) mass is 500 g/mol. The summed E-state index contributed by atoms with van der Waals surface area (Å²) >= 11 is 0. The standard InChI is InChI=1S/C20H33N6O7P/c1-7-30-19(28)20(5,6)25-34(29,32-9-15(27)33-13(2)3)12-31-14(4)8-26-11-24-16-17(21)22-10-23-18(16)26/h10-11,13-14H,7-9,12H2,1-6H3,(H,25,29)(H2,21,22,23)/t14-,34+/m1/s1. The molecule has 0 aliphatic rings. The van der Waals surface area contributed by atoms with Crippen molar-refractivity contribution in [2.75, 3.05) is 25.3 Å². The Labute approximate surface area is 198 Å². The third kappa shape index (κ3) is 7.73. The van der Waals surface area contributed by atoms with Crippen molar-refractivity contribution < 1.29 is 32.9 Å². The molecule has 2 rings (SSSR count). The number of nitrogens with zero attached hydrogens (tertiary/aromatic N) is 4. The highest BCUT2D eigenvalue weighted by Gasteiger charge is 2.39. The highest BCUT2D eigenvalue weighted by molar-refractivity contribution is 7.56. The molecule has 0 amide bonds. The van der Waals surface area contributed by atoms with Crippen molar-refractivity contribution in [3.8, 4) is 0 Å². The first-order valence-electron chi connectivity index (χ1n) is 10.8.